The van der Waals surface area contributed by atoms with E-state index in [1.54, 1.807) is 12.1 Å². The zero-order chi connectivity index (χ0) is 11.4. The Balaban J connectivity index is 1.91. The Labute approximate surface area is 97.9 Å². The van der Waals surface area contributed by atoms with Gasteiger partial charge in [-0.2, -0.15) is 0 Å². The second-order valence-electron chi connectivity index (χ2n) is 5.06. The van der Waals surface area contributed by atoms with Gasteiger partial charge in [-0.3, -0.25) is 0 Å². The number of hydrogen-bond donors (Lipinski definition) is 0. The van der Waals surface area contributed by atoms with E-state index in [1.807, 2.05) is 12.1 Å². The lowest BCUT2D eigenvalue weighted by Crippen LogP contribution is -2.13. The van der Waals surface area contributed by atoms with E-state index in [4.69, 9.17) is 0 Å². The molecular weight excluding hydrogens is 199 g/mol. The lowest BCUT2D eigenvalue weighted by atomic mass is 9.77. The van der Waals surface area contributed by atoms with Crippen LogP contribution in [0, 0.1) is 11.7 Å². The van der Waals surface area contributed by atoms with Crippen LogP contribution in [-0.2, 0) is 0 Å². The summed E-state index contributed by atoms with van der Waals surface area (Å²) in [6, 6.07) is 7.10. The minimum absolute atomic E-state index is 0.122. The second-order valence-corrected chi connectivity index (χ2v) is 5.06. The van der Waals surface area contributed by atoms with E-state index < -0.39 is 0 Å². The maximum atomic E-state index is 12.8. The summed E-state index contributed by atoms with van der Waals surface area (Å²) in [6.07, 6.45) is 7.99. The van der Waals surface area contributed by atoms with Crippen molar-refractivity contribution in [2.45, 2.75) is 51.4 Å². The lowest BCUT2D eigenvalue weighted by Gasteiger charge is -2.28. The number of rotatable bonds is 3. The van der Waals surface area contributed by atoms with Gasteiger partial charge in [0.05, 0.1) is 0 Å². The largest absolute Gasteiger partial charge is 0.207 e. The van der Waals surface area contributed by atoms with E-state index in [0.717, 1.165) is 5.92 Å². The Hall–Kier alpha value is -0.850. The molecule has 1 aromatic rings. The summed E-state index contributed by atoms with van der Waals surface area (Å²) in [4.78, 5) is 0. The number of benzene rings is 1. The molecule has 0 radical (unpaired) electrons. The molecule has 1 aromatic carbocycles. The first-order valence-electron chi connectivity index (χ1n) is 6.55. The van der Waals surface area contributed by atoms with Gasteiger partial charge in [-0.25, -0.2) is 4.39 Å². The molecule has 0 heterocycles. The summed E-state index contributed by atoms with van der Waals surface area (Å²) in [7, 11) is 0. The molecule has 0 aliphatic heterocycles. The molecular formula is C15H21F. The third-order valence-electron chi connectivity index (χ3n) is 3.89. The minimum atomic E-state index is -0.122. The molecule has 0 saturated heterocycles. The Morgan fingerprint density at radius 3 is 2.25 bits per heavy atom. The Kier molecular flexibility index (Phi) is 3.98. The van der Waals surface area contributed by atoms with Crippen LogP contribution in [0.25, 0.3) is 0 Å². The van der Waals surface area contributed by atoms with Crippen LogP contribution in [0.4, 0.5) is 4.39 Å². The van der Waals surface area contributed by atoms with Crippen molar-refractivity contribution >= 4 is 0 Å². The molecule has 2 rings (SSSR count). The van der Waals surface area contributed by atoms with E-state index in [2.05, 4.69) is 6.92 Å². The van der Waals surface area contributed by atoms with Crippen LogP contribution in [0.15, 0.2) is 24.3 Å². The highest BCUT2D eigenvalue weighted by Gasteiger charge is 2.21. The van der Waals surface area contributed by atoms with Crippen molar-refractivity contribution in [1.82, 2.24) is 0 Å². The van der Waals surface area contributed by atoms with Crippen LogP contribution in [0.5, 0.6) is 0 Å². The van der Waals surface area contributed by atoms with E-state index in [1.165, 1.54) is 44.1 Å². The fourth-order valence-corrected chi connectivity index (χ4v) is 2.93. The average Bonchev–Trinajstić information content (AvgIpc) is 2.32. The van der Waals surface area contributed by atoms with Crippen LogP contribution < -0.4 is 0 Å². The van der Waals surface area contributed by atoms with Gasteiger partial charge < -0.3 is 0 Å². The van der Waals surface area contributed by atoms with E-state index in [0.29, 0.717) is 5.92 Å². The highest BCUT2D eigenvalue weighted by atomic mass is 19.1. The van der Waals surface area contributed by atoms with Crippen molar-refractivity contribution in [2.75, 3.05) is 0 Å². The Morgan fingerprint density at radius 2 is 1.69 bits per heavy atom. The summed E-state index contributed by atoms with van der Waals surface area (Å²) >= 11 is 0. The molecule has 16 heavy (non-hydrogen) atoms. The van der Waals surface area contributed by atoms with Gasteiger partial charge in [0.1, 0.15) is 5.82 Å². The molecule has 1 aliphatic rings. The maximum absolute atomic E-state index is 12.8. The van der Waals surface area contributed by atoms with Gasteiger partial charge >= 0.3 is 0 Å². The monoisotopic (exact) mass is 220 g/mol. The van der Waals surface area contributed by atoms with Gasteiger partial charge in [-0.15, -0.1) is 0 Å². The zero-order valence-corrected chi connectivity index (χ0v) is 10.1. The molecule has 0 unspecified atom stereocenters. The Morgan fingerprint density at radius 1 is 1.06 bits per heavy atom. The lowest BCUT2D eigenvalue weighted by molar-refractivity contribution is 0.308. The first-order chi connectivity index (χ1) is 7.79. The average molecular weight is 220 g/mol. The van der Waals surface area contributed by atoms with Crippen molar-refractivity contribution in [3.05, 3.63) is 35.6 Å². The topological polar surface area (TPSA) is 0 Å². The third kappa shape index (κ3) is 2.84. The van der Waals surface area contributed by atoms with Crippen LogP contribution in [0.1, 0.15) is 56.9 Å². The predicted octanol–water partition coefficient (Wildman–Crippen LogP) is 4.90. The zero-order valence-electron chi connectivity index (χ0n) is 10.1. The highest BCUT2D eigenvalue weighted by Crippen LogP contribution is 2.37. The molecule has 1 fully saturated rings. The first kappa shape index (κ1) is 11.6. The van der Waals surface area contributed by atoms with Gasteiger partial charge in [0.2, 0.25) is 0 Å². The number of hydrogen-bond acceptors (Lipinski definition) is 0. The summed E-state index contributed by atoms with van der Waals surface area (Å²) in [5.74, 6) is 1.50. The van der Waals surface area contributed by atoms with Crippen molar-refractivity contribution in [2.24, 2.45) is 5.92 Å². The molecule has 0 amide bonds. The van der Waals surface area contributed by atoms with Crippen molar-refractivity contribution in [3.63, 3.8) is 0 Å². The second kappa shape index (κ2) is 5.47. The summed E-state index contributed by atoms with van der Waals surface area (Å²) in [6.45, 7) is 2.27. The van der Waals surface area contributed by atoms with Gasteiger partial charge in [0.25, 0.3) is 0 Å². The van der Waals surface area contributed by atoms with Gasteiger partial charge in [-0.05, 0) is 55.2 Å². The van der Waals surface area contributed by atoms with E-state index >= 15 is 0 Å². The maximum Gasteiger partial charge on any atom is 0.123 e. The SMILES string of the molecule is CCC[C@H]1CC[C@H](c2ccc(F)cc2)CC1. The Bertz CT molecular complexity index is 307. The molecule has 1 aliphatic carbocycles. The molecule has 1 heteroatoms. The van der Waals surface area contributed by atoms with E-state index in [9.17, 15) is 4.39 Å². The van der Waals surface area contributed by atoms with Crippen LogP contribution in [0.3, 0.4) is 0 Å². The standard InChI is InChI=1S/C15H21F/c1-2-3-12-4-6-13(7-5-12)14-8-10-15(16)11-9-14/h8-13H,2-7H2,1H3/t12-,13-. The van der Waals surface area contributed by atoms with Gasteiger partial charge in [-0.1, -0.05) is 31.9 Å². The summed E-state index contributed by atoms with van der Waals surface area (Å²) in [5.41, 5.74) is 1.33. The van der Waals surface area contributed by atoms with Gasteiger partial charge in [0, 0.05) is 0 Å². The number of halogens is 1. The van der Waals surface area contributed by atoms with Gasteiger partial charge in [0.15, 0.2) is 0 Å². The van der Waals surface area contributed by atoms with Crippen LogP contribution >= 0.6 is 0 Å². The summed E-state index contributed by atoms with van der Waals surface area (Å²) in [5, 5.41) is 0. The molecule has 0 nitrogen and oxygen atoms in total. The fraction of sp³-hybridized carbons (Fsp3) is 0.600. The molecule has 0 spiro atoms. The first-order valence-corrected chi connectivity index (χ1v) is 6.55. The highest BCUT2D eigenvalue weighted by molar-refractivity contribution is 5.20. The molecule has 1 saturated carbocycles. The fourth-order valence-electron chi connectivity index (χ4n) is 2.93. The molecule has 0 N–H and O–H groups in total. The molecule has 0 atom stereocenters. The normalized spacial score (nSPS) is 25.6. The minimum Gasteiger partial charge on any atom is -0.207 e. The van der Waals surface area contributed by atoms with Crippen molar-refractivity contribution in [3.8, 4) is 0 Å². The predicted molar refractivity (Wildman–Crippen MR) is 66.0 cm³/mol. The van der Waals surface area contributed by atoms with Crippen molar-refractivity contribution < 1.29 is 4.39 Å². The summed E-state index contributed by atoms with van der Waals surface area (Å²) < 4.78 is 12.8. The molecule has 0 aromatic heterocycles. The smallest absolute Gasteiger partial charge is 0.123 e. The van der Waals surface area contributed by atoms with E-state index in [-0.39, 0.29) is 5.82 Å². The third-order valence-corrected chi connectivity index (χ3v) is 3.89. The van der Waals surface area contributed by atoms with Crippen molar-refractivity contribution in [1.29, 1.82) is 0 Å². The van der Waals surface area contributed by atoms with Crippen LogP contribution in [0.2, 0.25) is 0 Å². The molecule has 88 valence electrons. The quantitative estimate of drug-likeness (QED) is 0.679. The van der Waals surface area contributed by atoms with Crippen LogP contribution in [-0.4, -0.2) is 0 Å². The molecule has 0 bridgehead atoms.